The van der Waals surface area contributed by atoms with Crippen LogP contribution in [0.15, 0.2) is 0 Å². The summed E-state index contributed by atoms with van der Waals surface area (Å²) in [6.07, 6.45) is 0. The average molecular weight is 162 g/mol. The van der Waals surface area contributed by atoms with Gasteiger partial charge in [-0.05, 0) is 6.92 Å². The molecule has 0 saturated carbocycles. The molecule has 0 radical (unpaired) electrons. The topological polar surface area (TPSA) is 96.3 Å². The van der Waals surface area contributed by atoms with E-state index < -0.39 is 5.85 Å². The third kappa shape index (κ3) is 6.21. The summed E-state index contributed by atoms with van der Waals surface area (Å²) in [6.45, 7) is 3.77. The van der Waals surface area contributed by atoms with Gasteiger partial charge in [0, 0.05) is 26.2 Å². The lowest BCUT2D eigenvalue weighted by molar-refractivity contribution is -0.00756. The summed E-state index contributed by atoms with van der Waals surface area (Å²) in [4.78, 5) is 0. The predicted octanol–water partition coefficient (Wildman–Crippen LogP) is -2.25. The van der Waals surface area contributed by atoms with Crippen LogP contribution in [-0.4, -0.2) is 37.1 Å². The molecule has 0 fully saturated rings. The molecule has 7 N–H and O–H groups in total. The second-order valence-electron chi connectivity index (χ2n) is 2.50. The molecule has 0 amide bonds. The Morgan fingerprint density at radius 2 is 1.55 bits per heavy atom. The van der Waals surface area contributed by atoms with Crippen LogP contribution in [0.4, 0.5) is 0 Å². The zero-order valence-electron chi connectivity index (χ0n) is 6.93. The smallest absolute Gasteiger partial charge is 0.168 e. The summed E-state index contributed by atoms with van der Waals surface area (Å²) in [5, 5.41) is 15.1. The molecule has 5 heteroatoms. The van der Waals surface area contributed by atoms with Crippen LogP contribution >= 0.6 is 0 Å². The van der Waals surface area contributed by atoms with Crippen molar-refractivity contribution in [3.8, 4) is 0 Å². The summed E-state index contributed by atoms with van der Waals surface area (Å²) < 4.78 is 0. The monoisotopic (exact) mass is 162 g/mol. The Bertz CT molecular complexity index is 86.6. The fraction of sp³-hybridized carbons (Fsp3) is 1.00. The Hall–Kier alpha value is -0.200. The molecule has 0 aromatic rings. The summed E-state index contributed by atoms with van der Waals surface area (Å²) in [7, 11) is 0. The lowest BCUT2D eigenvalue weighted by atomic mass is 10.4. The summed E-state index contributed by atoms with van der Waals surface area (Å²) in [5.41, 5.74) is 10.5. The Morgan fingerprint density at radius 3 is 1.82 bits per heavy atom. The van der Waals surface area contributed by atoms with Gasteiger partial charge in [-0.1, -0.05) is 0 Å². The first kappa shape index (κ1) is 10.8. The fourth-order valence-corrected chi connectivity index (χ4v) is 0.694. The molecule has 0 spiro atoms. The number of hydrogen-bond donors (Lipinski definition) is 5. The lowest BCUT2D eigenvalue weighted by Gasteiger charge is -2.25. The molecule has 11 heavy (non-hydrogen) atoms. The zero-order chi connectivity index (χ0) is 8.74. The van der Waals surface area contributed by atoms with Crippen molar-refractivity contribution in [2.75, 3.05) is 26.2 Å². The number of nitrogens with one attached hydrogen (secondary N) is 2. The molecule has 0 aliphatic rings. The van der Waals surface area contributed by atoms with Crippen LogP contribution in [0, 0.1) is 0 Å². The third-order valence-corrected chi connectivity index (χ3v) is 1.23. The Kier molecular flexibility index (Phi) is 5.35. The molecule has 0 aromatic heterocycles. The maximum atomic E-state index is 9.44. The van der Waals surface area contributed by atoms with Crippen molar-refractivity contribution in [2.45, 2.75) is 12.8 Å². The standard InChI is InChI=1S/C6H18N4O/c1-6(11,9-4-2-7)10-5-3-8/h9-11H,2-5,7-8H2,1H3. The normalized spacial score (nSPS) is 12.0. The lowest BCUT2D eigenvalue weighted by Crippen LogP contribution is -2.56. The van der Waals surface area contributed by atoms with E-state index in [0.717, 1.165) is 0 Å². The van der Waals surface area contributed by atoms with Gasteiger partial charge in [-0.3, -0.25) is 10.6 Å². The zero-order valence-corrected chi connectivity index (χ0v) is 6.93. The molecular formula is C6H18N4O. The van der Waals surface area contributed by atoms with E-state index in [-0.39, 0.29) is 0 Å². The maximum Gasteiger partial charge on any atom is 0.168 e. The van der Waals surface area contributed by atoms with Crippen molar-refractivity contribution in [2.24, 2.45) is 11.5 Å². The minimum atomic E-state index is -1.06. The van der Waals surface area contributed by atoms with Crippen molar-refractivity contribution in [1.82, 2.24) is 10.6 Å². The molecule has 0 aromatic carbocycles. The summed E-state index contributed by atoms with van der Waals surface area (Å²) in [6, 6.07) is 0. The quantitative estimate of drug-likeness (QED) is 0.284. The third-order valence-electron chi connectivity index (χ3n) is 1.23. The van der Waals surface area contributed by atoms with Gasteiger partial charge in [-0.2, -0.15) is 0 Å². The van der Waals surface area contributed by atoms with E-state index >= 15 is 0 Å². The van der Waals surface area contributed by atoms with E-state index in [9.17, 15) is 5.11 Å². The second kappa shape index (κ2) is 5.45. The van der Waals surface area contributed by atoms with E-state index in [1.54, 1.807) is 6.92 Å². The van der Waals surface area contributed by atoms with Crippen molar-refractivity contribution in [3.05, 3.63) is 0 Å². The van der Waals surface area contributed by atoms with Gasteiger partial charge in [-0.15, -0.1) is 0 Å². The average Bonchev–Trinajstić information content (AvgIpc) is 1.97. The fourth-order valence-electron chi connectivity index (χ4n) is 0.694. The minimum Gasteiger partial charge on any atom is -0.363 e. The largest absolute Gasteiger partial charge is 0.363 e. The molecule has 0 aliphatic heterocycles. The van der Waals surface area contributed by atoms with E-state index in [0.29, 0.717) is 26.2 Å². The van der Waals surface area contributed by atoms with Crippen LogP contribution in [0.1, 0.15) is 6.92 Å². The molecular weight excluding hydrogens is 144 g/mol. The van der Waals surface area contributed by atoms with Crippen LogP contribution < -0.4 is 22.1 Å². The van der Waals surface area contributed by atoms with Crippen LogP contribution in [-0.2, 0) is 0 Å². The van der Waals surface area contributed by atoms with E-state index in [1.165, 1.54) is 0 Å². The first-order chi connectivity index (χ1) is 5.12. The SMILES string of the molecule is CC(O)(NCCN)NCCN. The van der Waals surface area contributed by atoms with Gasteiger partial charge in [0.05, 0.1) is 0 Å². The predicted molar refractivity (Wildman–Crippen MR) is 44.7 cm³/mol. The van der Waals surface area contributed by atoms with Gasteiger partial charge in [0.2, 0.25) is 0 Å². The number of hydrogen-bond acceptors (Lipinski definition) is 5. The highest BCUT2D eigenvalue weighted by Gasteiger charge is 2.15. The first-order valence-corrected chi connectivity index (χ1v) is 3.75. The first-order valence-electron chi connectivity index (χ1n) is 3.75. The van der Waals surface area contributed by atoms with E-state index in [4.69, 9.17) is 11.5 Å². The van der Waals surface area contributed by atoms with Crippen LogP contribution in [0.25, 0.3) is 0 Å². The second-order valence-corrected chi connectivity index (χ2v) is 2.50. The molecule has 0 heterocycles. The van der Waals surface area contributed by atoms with Gasteiger partial charge in [-0.25, -0.2) is 0 Å². The van der Waals surface area contributed by atoms with Gasteiger partial charge >= 0.3 is 0 Å². The van der Waals surface area contributed by atoms with Crippen molar-refractivity contribution >= 4 is 0 Å². The van der Waals surface area contributed by atoms with Crippen molar-refractivity contribution in [1.29, 1.82) is 0 Å². The Morgan fingerprint density at radius 1 is 1.18 bits per heavy atom. The van der Waals surface area contributed by atoms with Crippen LogP contribution in [0.5, 0.6) is 0 Å². The molecule has 68 valence electrons. The molecule has 0 unspecified atom stereocenters. The van der Waals surface area contributed by atoms with E-state index in [2.05, 4.69) is 10.6 Å². The Balaban J connectivity index is 3.43. The molecule has 0 bridgehead atoms. The molecule has 0 aliphatic carbocycles. The van der Waals surface area contributed by atoms with Crippen molar-refractivity contribution in [3.63, 3.8) is 0 Å². The summed E-state index contributed by atoms with van der Waals surface area (Å²) >= 11 is 0. The highest BCUT2D eigenvalue weighted by Crippen LogP contribution is 1.88. The molecule has 5 nitrogen and oxygen atoms in total. The van der Waals surface area contributed by atoms with Gasteiger partial charge < -0.3 is 16.6 Å². The highest BCUT2D eigenvalue weighted by atomic mass is 16.3. The summed E-state index contributed by atoms with van der Waals surface area (Å²) in [5.74, 6) is -1.06. The number of nitrogens with two attached hydrogens (primary N) is 2. The van der Waals surface area contributed by atoms with E-state index in [1.807, 2.05) is 0 Å². The minimum absolute atomic E-state index is 0.500. The van der Waals surface area contributed by atoms with Gasteiger partial charge in [0.1, 0.15) is 0 Å². The van der Waals surface area contributed by atoms with Gasteiger partial charge in [0.25, 0.3) is 0 Å². The highest BCUT2D eigenvalue weighted by molar-refractivity contribution is 4.66. The van der Waals surface area contributed by atoms with Gasteiger partial charge in [0.15, 0.2) is 5.85 Å². The number of rotatable bonds is 6. The maximum absolute atomic E-state index is 9.44. The Labute approximate surface area is 67.1 Å². The molecule has 0 rings (SSSR count). The molecule has 0 saturated heterocycles. The number of aliphatic hydroxyl groups is 1. The van der Waals surface area contributed by atoms with Crippen molar-refractivity contribution < 1.29 is 5.11 Å². The molecule has 0 atom stereocenters. The van der Waals surface area contributed by atoms with Crippen LogP contribution in [0.2, 0.25) is 0 Å². The van der Waals surface area contributed by atoms with Crippen LogP contribution in [0.3, 0.4) is 0 Å².